The molecule has 0 radical (unpaired) electrons. The normalized spacial score (nSPS) is 33.7. The number of fused-ring (bicyclic) bond motifs is 1. The van der Waals surface area contributed by atoms with Gasteiger partial charge in [-0.25, -0.2) is 4.79 Å². The summed E-state index contributed by atoms with van der Waals surface area (Å²) < 4.78 is 0. The van der Waals surface area contributed by atoms with Gasteiger partial charge in [-0.1, -0.05) is 20.8 Å². The summed E-state index contributed by atoms with van der Waals surface area (Å²) in [5.41, 5.74) is -0.0605. The average Bonchev–Trinajstić information content (AvgIpc) is 2.53. The lowest BCUT2D eigenvalue weighted by atomic mass is 9.76. The summed E-state index contributed by atoms with van der Waals surface area (Å²) in [6.07, 6.45) is 2.00. The lowest BCUT2D eigenvalue weighted by molar-refractivity contribution is -0.117. The fourth-order valence-corrected chi connectivity index (χ4v) is 3.40. The molecule has 2 rings (SSSR count). The van der Waals surface area contributed by atoms with Gasteiger partial charge < -0.3 is 10.0 Å². The number of likely N-dealkylation sites (tertiary alicyclic amines) is 1. The first-order valence-corrected chi connectivity index (χ1v) is 6.33. The third-order valence-electron chi connectivity index (χ3n) is 4.20. The zero-order valence-corrected chi connectivity index (χ0v) is 10.8. The van der Waals surface area contributed by atoms with Crippen LogP contribution in [-0.4, -0.2) is 34.0 Å². The molecule has 3 unspecified atom stereocenters. The lowest BCUT2D eigenvalue weighted by Gasteiger charge is -2.47. The third-order valence-corrected chi connectivity index (χ3v) is 4.20. The Balaban J connectivity index is 2.27. The van der Waals surface area contributed by atoms with Crippen LogP contribution in [0.5, 0.6) is 0 Å². The SMILES string of the molecule is CC(C)(C)C1CCC2CC(=O)CC2N1C(=O)O. The Bertz CT molecular complexity index is 345. The topological polar surface area (TPSA) is 57.6 Å². The van der Waals surface area contributed by atoms with Gasteiger partial charge in [-0.05, 0) is 24.2 Å². The van der Waals surface area contributed by atoms with E-state index in [4.69, 9.17) is 0 Å². The second kappa shape index (κ2) is 4.00. The van der Waals surface area contributed by atoms with Crippen molar-refractivity contribution < 1.29 is 14.7 Å². The summed E-state index contributed by atoms with van der Waals surface area (Å²) >= 11 is 0. The van der Waals surface area contributed by atoms with Gasteiger partial charge in [0.2, 0.25) is 0 Å². The molecule has 3 atom stereocenters. The molecule has 0 aromatic carbocycles. The van der Waals surface area contributed by atoms with Crippen molar-refractivity contribution >= 4 is 11.9 Å². The largest absolute Gasteiger partial charge is 0.465 e. The molecule has 1 saturated heterocycles. The van der Waals surface area contributed by atoms with E-state index in [0.29, 0.717) is 12.8 Å². The van der Waals surface area contributed by atoms with Crippen molar-refractivity contribution in [3.05, 3.63) is 0 Å². The highest BCUT2D eigenvalue weighted by molar-refractivity contribution is 5.83. The van der Waals surface area contributed by atoms with E-state index in [0.717, 1.165) is 12.8 Å². The molecule has 0 aromatic heterocycles. The molecule has 0 aromatic rings. The quantitative estimate of drug-likeness (QED) is 0.706. The first kappa shape index (κ1) is 12.4. The van der Waals surface area contributed by atoms with Gasteiger partial charge in [0.15, 0.2) is 0 Å². The Morgan fingerprint density at radius 3 is 2.47 bits per heavy atom. The van der Waals surface area contributed by atoms with E-state index in [1.165, 1.54) is 0 Å². The van der Waals surface area contributed by atoms with Gasteiger partial charge in [0, 0.05) is 24.9 Å². The van der Waals surface area contributed by atoms with Crippen molar-refractivity contribution in [2.45, 2.75) is 58.5 Å². The second-order valence-corrected chi connectivity index (χ2v) is 6.42. The van der Waals surface area contributed by atoms with Gasteiger partial charge in [0.05, 0.1) is 0 Å². The molecular formula is C13H21NO3. The maximum absolute atomic E-state index is 11.5. The number of amides is 1. The summed E-state index contributed by atoms with van der Waals surface area (Å²) in [5.74, 6) is 0.484. The van der Waals surface area contributed by atoms with Gasteiger partial charge >= 0.3 is 6.09 Å². The molecule has 1 aliphatic heterocycles. The summed E-state index contributed by atoms with van der Waals surface area (Å²) in [7, 11) is 0. The minimum absolute atomic E-state index is 0.0344. The van der Waals surface area contributed by atoms with Crippen LogP contribution in [0, 0.1) is 11.3 Å². The molecule has 96 valence electrons. The fourth-order valence-electron chi connectivity index (χ4n) is 3.40. The number of hydrogen-bond donors (Lipinski definition) is 1. The van der Waals surface area contributed by atoms with Crippen LogP contribution in [0.2, 0.25) is 0 Å². The molecule has 4 nitrogen and oxygen atoms in total. The van der Waals surface area contributed by atoms with Crippen LogP contribution in [0.3, 0.4) is 0 Å². The smallest absolute Gasteiger partial charge is 0.407 e. The van der Waals surface area contributed by atoms with Crippen LogP contribution in [0.1, 0.15) is 46.5 Å². The Morgan fingerprint density at radius 1 is 1.29 bits per heavy atom. The summed E-state index contributed by atoms with van der Waals surface area (Å²) in [6.45, 7) is 6.22. The van der Waals surface area contributed by atoms with E-state index in [1.54, 1.807) is 4.90 Å². The van der Waals surface area contributed by atoms with E-state index in [1.807, 2.05) is 0 Å². The Morgan fingerprint density at radius 2 is 1.94 bits per heavy atom. The van der Waals surface area contributed by atoms with Crippen LogP contribution in [0.15, 0.2) is 0 Å². The predicted octanol–water partition coefficient (Wildman–Crippen LogP) is 2.52. The fraction of sp³-hybridized carbons (Fsp3) is 0.846. The van der Waals surface area contributed by atoms with Crippen molar-refractivity contribution in [2.75, 3.05) is 0 Å². The number of ketones is 1. The molecule has 1 amide bonds. The highest BCUT2D eigenvalue weighted by Gasteiger charge is 2.48. The van der Waals surface area contributed by atoms with E-state index in [2.05, 4.69) is 20.8 Å². The van der Waals surface area contributed by atoms with Crippen molar-refractivity contribution in [1.82, 2.24) is 4.90 Å². The molecule has 1 aliphatic carbocycles. The first-order chi connectivity index (χ1) is 7.80. The van der Waals surface area contributed by atoms with Gasteiger partial charge in [0.1, 0.15) is 5.78 Å². The van der Waals surface area contributed by atoms with E-state index in [-0.39, 0.29) is 29.2 Å². The van der Waals surface area contributed by atoms with Gasteiger partial charge in [-0.3, -0.25) is 4.79 Å². The molecule has 1 saturated carbocycles. The zero-order valence-electron chi connectivity index (χ0n) is 10.8. The minimum Gasteiger partial charge on any atom is -0.465 e. The molecule has 1 N–H and O–H groups in total. The Hall–Kier alpha value is -1.06. The maximum atomic E-state index is 11.5. The number of carbonyl (C=O) groups excluding carboxylic acids is 1. The zero-order chi connectivity index (χ0) is 12.8. The summed E-state index contributed by atoms with van der Waals surface area (Å²) in [5, 5.41) is 9.42. The number of Topliss-reactive ketones (excluding diaryl/α,β-unsaturated/α-hetero) is 1. The third kappa shape index (κ3) is 2.17. The average molecular weight is 239 g/mol. The highest BCUT2D eigenvalue weighted by Crippen LogP contribution is 2.42. The lowest BCUT2D eigenvalue weighted by Crippen LogP contribution is -2.56. The van der Waals surface area contributed by atoms with Gasteiger partial charge in [0.25, 0.3) is 0 Å². The van der Waals surface area contributed by atoms with E-state index < -0.39 is 6.09 Å². The van der Waals surface area contributed by atoms with Crippen molar-refractivity contribution in [1.29, 1.82) is 0 Å². The Labute approximate surface area is 102 Å². The molecular weight excluding hydrogens is 218 g/mol. The maximum Gasteiger partial charge on any atom is 0.407 e. The predicted molar refractivity (Wildman–Crippen MR) is 63.9 cm³/mol. The number of carboxylic acid groups (broad SMARTS) is 1. The van der Waals surface area contributed by atoms with Crippen molar-refractivity contribution in [3.63, 3.8) is 0 Å². The van der Waals surface area contributed by atoms with Crippen molar-refractivity contribution in [3.8, 4) is 0 Å². The standard InChI is InChI=1S/C13H21NO3/c1-13(2,3)11-5-4-8-6-9(15)7-10(8)14(11)12(16)17/h8,10-11H,4-7H2,1-3H3,(H,16,17). The van der Waals surface area contributed by atoms with E-state index >= 15 is 0 Å². The van der Waals surface area contributed by atoms with Crippen LogP contribution in [0.4, 0.5) is 4.79 Å². The number of piperidine rings is 1. The number of hydrogen-bond acceptors (Lipinski definition) is 2. The first-order valence-electron chi connectivity index (χ1n) is 6.33. The van der Waals surface area contributed by atoms with Gasteiger partial charge in [-0.2, -0.15) is 0 Å². The monoisotopic (exact) mass is 239 g/mol. The molecule has 0 spiro atoms. The van der Waals surface area contributed by atoms with E-state index in [9.17, 15) is 14.7 Å². The molecule has 2 aliphatic rings. The van der Waals surface area contributed by atoms with Crippen LogP contribution in [0.25, 0.3) is 0 Å². The van der Waals surface area contributed by atoms with Crippen molar-refractivity contribution in [2.24, 2.45) is 11.3 Å². The molecule has 0 bridgehead atoms. The number of carbonyl (C=O) groups is 2. The summed E-state index contributed by atoms with van der Waals surface area (Å²) in [4.78, 5) is 24.6. The molecule has 17 heavy (non-hydrogen) atoms. The highest BCUT2D eigenvalue weighted by atomic mass is 16.4. The van der Waals surface area contributed by atoms with Crippen LogP contribution >= 0.6 is 0 Å². The van der Waals surface area contributed by atoms with Crippen LogP contribution < -0.4 is 0 Å². The molecule has 2 fully saturated rings. The minimum atomic E-state index is -0.866. The summed E-state index contributed by atoms with van der Waals surface area (Å²) in [6, 6.07) is -0.0369. The van der Waals surface area contributed by atoms with Crippen LogP contribution in [-0.2, 0) is 4.79 Å². The molecule has 1 heterocycles. The molecule has 4 heteroatoms. The Kier molecular flexibility index (Phi) is 2.92. The van der Waals surface area contributed by atoms with Gasteiger partial charge in [-0.15, -0.1) is 0 Å². The number of rotatable bonds is 0. The second-order valence-electron chi connectivity index (χ2n) is 6.42. The number of nitrogens with zero attached hydrogens (tertiary/aromatic N) is 1.